The molecule has 0 radical (unpaired) electrons. The van der Waals surface area contributed by atoms with Crippen molar-refractivity contribution < 1.29 is 9.53 Å². The van der Waals surface area contributed by atoms with Gasteiger partial charge in [-0.05, 0) is 13.3 Å². The quantitative estimate of drug-likeness (QED) is 0.747. The van der Waals surface area contributed by atoms with Gasteiger partial charge in [-0.15, -0.1) is 0 Å². The molecule has 1 aromatic rings. The van der Waals surface area contributed by atoms with E-state index in [2.05, 4.69) is 5.10 Å². The summed E-state index contributed by atoms with van der Waals surface area (Å²) in [5, 5.41) is 4.03. The fourth-order valence-electron chi connectivity index (χ4n) is 1.39. The molecule has 1 aromatic heterocycles. The van der Waals surface area contributed by atoms with Crippen LogP contribution in [-0.2, 0) is 9.53 Å². The van der Waals surface area contributed by atoms with Gasteiger partial charge in [0.15, 0.2) is 0 Å². The zero-order chi connectivity index (χ0) is 11.3. The number of carbonyl (C=O) groups excluding carboxylic acids is 1. The average Bonchev–Trinajstić information content (AvgIpc) is 2.61. The van der Waals surface area contributed by atoms with Gasteiger partial charge < -0.3 is 10.5 Å². The molecule has 5 heteroatoms. The van der Waals surface area contributed by atoms with Gasteiger partial charge >= 0.3 is 5.97 Å². The van der Waals surface area contributed by atoms with E-state index in [1.165, 1.54) is 6.20 Å². The predicted molar refractivity (Wildman–Crippen MR) is 57.2 cm³/mol. The molecular weight excluding hydrogens is 194 g/mol. The van der Waals surface area contributed by atoms with E-state index in [1.807, 2.05) is 6.92 Å². The molecule has 84 valence electrons. The second-order valence-corrected chi connectivity index (χ2v) is 3.31. The molecule has 0 bridgehead atoms. The number of carbonyl (C=O) groups is 1. The lowest BCUT2D eigenvalue weighted by molar-refractivity contribution is -0.147. The Morgan fingerprint density at radius 3 is 2.87 bits per heavy atom. The third-order valence-electron chi connectivity index (χ3n) is 2.06. The summed E-state index contributed by atoms with van der Waals surface area (Å²) < 4.78 is 6.55. The Hall–Kier alpha value is -1.52. The molecule has 0 fully saturated rings. The summed E-state index contributed by atoms with van der Waals surface area (Å²) in [4.78, 5) is 11.6. The van der Waals surface area contributed by atoms with E-state index >= 15 is 0 Å². The Morgan fingerprint density at radius 1 is 1.67 bits per heavy atom. The summed E-state index contributed by atoms with van der Waals surface area (Å²) in [5.74, 6) is -0.248. The summed E-state index contributed by atoms with van der Waals surface area (Å²) in [6.07, 6.45) is 4.78. The summed E-state index contributed by atoms with van der Waals surface area (Å²) in [5.41, 5.74) is 6.11. The highest BCUT2D eigenvalue weighted by Crippen LogP contribution is 2.16. The molecule has 5 nitrogen and oxygen atoms in total. The van der Waals surface area contributed by atoms with Crippen molar-refractivity contribution in [1.29, 1.82) is 0 Å². The number of nitrogen functional groups attached to an aromatic ring is 1. The molecule has 0 spiro atoms. The van der Waals surface area contributed by atoms with Gasteiger partial charge in [-0.25, -0.2) is 4.79 Å². The molecule has 0 saturated carbocycles. The van der Waals surface area contributed by atoms with E-state index in [1.54, 1.807) is 17.8 Å². The third kappa shape index (κ3) is 2.97. The maximum atomic E-state index is 11.6. The molecule has 1 heterocycles. The van der Waals surface area contributed by atoms with Crippen LogP contribution in [0.4, 0.5) is 5.69 Å². The van der Waals surface area contributed by atoms with Crippen molar-refractivity contribution >= 4 is 11.7 Å². The number of esters is 1. The number of hydrogen-bond acceptors (Lipinski definition) is 4. The van der Waals surface area contributed by atoms with Crippen molar-refractivity contribution in [1.82, 2.24) is 9.78 Å². The molecule has 0 aliphatic heterocycles. The highest BCUT2D eigenvalue weighted by molar-refractivity contribution is 5.74. The van der Waals surface area contributed by atoms with Crippen LogP contribution in [-0.4, -0.2) is 22.4 Å². The van der Waals surface area contributed by atoms with E-state index in [4.69, 9.17) is 10.5 Å². The minimum atomic E-state index is -0.354. The summed E-state index contributed by atoms with van der Waals surface area (Å²) in [6.45, 7) is 4.19. The fourth-order valence-corrected chi connectivity index (χ4v) is 1.39. The first-order valence-corrected chi connectivity index (χ1v) is 5.15. The van der Waals surface area contributed by atoms with Gasteiger partial charge in [-0.3, -0.25) is 4.68 Å². The molecule has 0 aliphatic rings. The molecule has 15 heavy (non-hydrogen) atoms. The lowest BCUT2D eigenvalue weighted by Gasteiger charge is -2.14. The summed E-state index contributed by atoms with van der Waals surface area (Å²) >= 11 is 0. The Morgan fingerprint density at radius 2 is 2.40 bits per heavy atom. The number of hydrogen-bond donors (Lipinski definition) is 1. The van der Waals surface area contributed by atoms with Crippen LogP contribution in [0.2, 0.25) is 0 Å². The second-order valence-electron chi connectivity index (χ2n) is 3.31. The number of nitrogens with two attached hydrogens (primary N) is 1. The van der Waals surface area contributed by atoms with E-state index in [9.17, 15) is 4.79 Å². The van der Waals surface area contributed by atoms with Crippen molar-refractivity contribution in [3.8, 4) is 0 Å². The van der Waals surface area contributed by atoms with Crippen LogP contribution in [0.25, 0.3) is 0 Å². The largest absolute Gasteiger partial charge is 0.464 e. The Balaban J connectivity index is 2.77. The molecule has 2 N–H and O–H groups in total. The maximum Gasteiger partial charge on any atom is 0.330 e. The van der Waals surface area contributed by atoms with Crippen LogP contribution in [0, 0.1) is 0 Å². The Bertz CT molecular complexity index is 322. The maximum absolute atomic E-state index is 11.6. The first-order chi connectivity index (χ1) is 7.19. The van der Waals surface area contributed by atoms with Gasteiger partial charge in [0.1, 0.15) is 6.04 Å². The highest BCUT2D eigenvalue weighted by atomic mass is 16.5. The third-order valence-corrected chi connectivity index (χ3v) is 2.06. The van der Waals surface area contributed by atoms with E-state index in [0.717, 1.165) is 6.42 Å². The molecular formula is C10H17N3O2. The topological polar surface area (TPSA) is 70.1 Å². The zero-order valence-electron chi connectivity index (χ0n) is 9.14. The molecule has 0 aliphatic carbocycles. The molecule has 0 amide bonds. The highest BCUT2D eigenvalue weighted by Gasteiger charge is 2.21. The van der Waals surface area contributed by atoms with Crippen molar-refractivity contribution in [2.45, 2.75) is 32.7 Å². The molecule has 1 unspecified atom stereocenters. The minimum Gasteiger partial charge on any atom is -0.464 e. The van der Waals surface area contributed by atoms with Crippen LogP contribution in [0.3, 0.4) is 0 Å². The van der Waals surface area contributed by atoms with Crippen LogP contribution in [0.15, 0.2) is 12.4 Å². The smallest absolute Gasteiger partial charge is 0.330 e. The number of rotatable bonds is 5. The van der Waals surface area contributed by atoms with E-state index in [-0.39, 0.29) is 12.0 Å². The van der Waals surface area contributed by atoms with Gasteiger partial charge in [0.05, 0.1) is 18.5 Å². The standard InChI is InChI=1S/C10H17N3O2/c1-3-5-9(10(14)15-4-2)13-7-8(11)6-12-13/h6-7,9H,3-5,11H2,1-2H3. The molecule has 1 atom stereocenters. The first kappa shape index (κ1) is 11.6. The average molecular weight is 211 g/mol. The van der Waals surface area contributed by atoms with Gasteiger partial charge in [0, 0.05) is 6.20 Å². The van der Waals surface area contributed by atoms with E-state index < -0.39 is 0 Å². The molecule has 1 rings (SSSR count). The Labute approximate surface area is 89.2 Å². The van der Waals surface area contributed by atoms with Gasteiger partial charge in [0.25, 0.3) is 0 Å². The first-order valence-electron chi connectivity index (χ1n) is 5.15. The molecule has 0 aromatic carbocycles. The predicted octanol–water partition coefficient (Wildman–Crippen LogP) is 1.37. The van der Waals surface area contributed by atoms with Crippen LogP contribution in [0.1, 0.15) is 32.7 Å². The lowest BCUT2D eigenvalue weighted by Crippen LogP contribution is -2.22. The minimum absolute atomic E-state index is 0.248. The van der Waals surface area contributed by atoms with Crippen LogP contribution < -0.4 is 5.73 Å². The number of aromatic nitrogens is 2. The van der Waals surface area contributed by atoms with Gasteiger partial charge in [0.2, 0.25) is 0 Å². The van der Waals surface area contributed by atoms with Gasteiger partial charge in [-0.1, -0.05) is 13.3 Å². The number of anilines is 1. The lowest BCUT2D eigenvalue weighted by atomic mass is 10.2. The van der Waals surface area contributed by atoms with E-state index in [0.29, 0.717) is 18.7 Å². The zero-order valence-corrected chi connectivity index (χ0v) is 9.14. The Kier molecular flexibility index (Phi) is 4.15. The van der Waals surface area contributed by atoms with Gasteiger partial charge in [-0.2, -0.15) is 5.10 Å². The van der Waals surface area contributed by atoms with Crippen LogP contribution >= 0.6 is 0 Å². The van der Waals surface area contributed by atoms with Crippen molar-refractivity contribution in [3.05, 3.63) is 12.4 Å². The second kappa shape index (κ2) is 5.38. The summed E-state index contributed by atoms with van der Waals surface area (Å²) in [6, 6.07) is -0.354. The number of nitrogens with zero attached hydrogens (tertiary/aromatic N) is 2. The summed E-state index contributed by atoms with van der Waals surface area (Å²) in [7, 11) is 0. The van der Waals surface area contributed by atoms with Crippen molar-refractivity contribution in [3.63, 3.8) is 0 Å². The SMILES string of the molecule is CCCC(C(=O)OCC)n1cc(N)cn1. The van der Waals surface area contributed by atoms with Crippen LogP contribution in [0.5, 0.6) is 0 Å². The number of ether oxygens (including phenoxy) is 1. The fraction of sp³-hybridized carbons (Fsp3) is 0.600. The monoisotopic (exact) mass is 211 g/mol. The normalized spacial score (nSPS) is 12.4. The van der Waals surface area contributed by atoms with Crippen molar-refractivity contribution in [2.24, 2.45) is 0 Å². The molecule has 0 saturated heterocycles. The van der Waals surface area contributed by atoms with Crippen molar-refractivity contribution in [2.75, 3.05) is 12.3 Å².